The minimum absolute atomic E-state index is 0.142. The zero-order chi connectivity index (χ0) is 14.5. The van der Waals surface area contributed by atoms with Gasteiger partial charge in [0.2, 0.25) is 5.91 Å². The number of rotatable bonds is 5. The number of hydrogen-bond donors (Lipinski definition) is 2. The lowest BCUT2D eigenvalue weighted by atomic mass is 10.0. The van der Waals surface area contributed by atoms with Crippen LogP contribution in [0.5, 0.6) is 0 Å². The number of piperidine rings is 1. The fourth-order valence-electron chi connectivity index (χ4n) is 2.24. The standard InChI is InChI=1S/C12H16ClN5O2/c13-11-9(6-19)12(16-7-15-11)17-8-1-3-18(4-2-8)5-10(14)20/h6-8H,1-5H2,(H2,14,20)(H,15,16,17). The first-order valence-corrected chi connectivity index (χ1v) is 6.71. The van der Waals surface area contributed by atoms with Crippen LogP contribution in [-0.2, 0) is 4.79 Å². The number of anilines is 1. The van der Waals surface area contributed by atoms with Crippen LogP contribution in [0.3, 0.4) is 0 Å². The van der Waals surface area contributed by atoms with Gasteiger partial charge >= 0.3 is 0 Å². The lowest BCUT2D eigenvalue weighted by molar-refractivity contribution is -0.119. The van der Waals surface area contributed by atoms with Crippen molar-refractivity contribution in [2.75, 3.05) is 25.0 Å². The summed E-state index contributed by atoms with van der Waals surface area (Å²) < 4.78 is 0. The first-order valence-electron chi connectivity index (χ1n) is 6.33. The van der Waals surface area contributed by atoms with Crippen LogP contribution in [0.2, 0.25) is 5.15 Å². The Balaban J connectivity index is 1.94. The Morgan fingerprint density at radius 3 is 2.80 bits per heavy atom. The van der Waals surface area contributed by atoms with Crippen molar-refractivity contribution in [3.63, 3.8) is 0 Å². The number of nitrogens with one attached hydrogen (secondary N) is 1. The molecule has 108 valence electrons. The predicted molar refractivity (Wildman–Crippen MR) is 74.7 cm³/mol. The second kappa shape index (κ2) is 6.62. The number of primary amides is 1. The molecule has 0 radical (unpaired) electrons. The molecule has 0 bridgehead atoms. The minimum atomic E-state index is -0.317. The molecule has 1 aromatic rings. The SMILES string of the molecule is NC(=O)CN1CCC(Nc2ncnc(Cl)c2C=O)CC1. The van der Waals surface area contributed by atoms with Crippen molar-refractivity contribution in [2.45, 2.75) is 18.9 Å². The topological polar surface area (TPSA) is 101 Å². The van der Waals surface area contributed by atoms with Crippen molar-refractivity contribution in [3.05, 3.63) is 17.0 Å². The van der Waals surface area contributed by atoms with E-state index in [1.807, 2.05) is 4.90 Å². The average Bonchev–Trinajstić information content (AvgIpc) is 2.41. The molecule has 0 atom stereocenters. The summed E-state index contributed by atoms with van der Waals surface area (Å²) in [5.41, 5.74) is 5.44. The second-order valence-corrected chi connectivity index (χ2v) is 5.06. The number of nitrogens with two attached hydrogens (primary N) is 1. The van der Waals surface area contributed by atoms with Gasteiger partial charge < -0.3 is 11.1 Å². The number of carbonyl (C=O) groups excluding carboxylic acids is 2. The Morgan fingerprint density at radius 2 is 2.20 bits per heavy atom. The summed E-state index contributed by atoms with van der Waals surface area (Å²) >= 11 is 5.85. The molecule has 20 heavy (non-hydrogen) atoms. The molecule has 0 aliphatic carbocycles. The van der Waals surface area contributed by atoms with E-state index in [0.29, 0.717) is 12.1 Å². The predicted octanol–water partition coefficient (Wildman–Crippen LogP) is 0.304. The summed E-state index contributed by atoms with van der Waals surface area (Å²) in [4.78, 5) is 31.7. The summed E-state index contributed by atoms with van der Waals surface area (Å²) in [6.07, 6.45) is 3.65. The van der Waals surface area contributed by atoms with Gasteiger partial charge in [-0.05, 0) is 12.8 Å². The Bertz CT molecular complexity index is 503. The first kappa shape index (κ1) is 14.7. The van der Waals surface area contributed by atoms with Gasteiger partial charge in [0.15, 0.2) is 6.29 Å². The maximum Gasteiger partial charge on any atom is 0.231 e. The normalized spacial score (nSPS) is 16.9. The lowest BCUT2D eigenvalue weighted by Gasteiger charge is -2.31. The maximum atomic E-state index is 11.0. The molecule has 1 aliphatic heterocycles. The number of aromatic nitrogens is 2. The van der Waals surface area contributed by atoms with E-state index >= 15 is 0 Å². The van der Waals surface area contributed by atoms with Crippen molar-refractivity contribution >= 4 is 29.6 Å². The maximum absolute atomic E-state index is 11.0. The third-order valence-electron chi connectivity index (χ3n) is 3.26. The summed E-state index contributed by atoms with van der Waals surface area (Å²) in [5, 5.41) is 3.35. The number of likely N-dealkylation sites (tertiary alicyclic amines) is 1. The fourth-order valence-corrected chi connectivity index (χ4v) is 2.42. The minimum Gasteiger partial charge on any atom is -0.369 e. The van der Waals surface area contributed by atoms with E-state index in [1.165, 1.54) is 6.33 Å². The van der Waals surface area contributed by atoms with E-state index in [-0.39, 0.29) is 29.2 Å². The highest BCUT2D eigenvalue weighted by Gasteiger charge is 2.21. The van der Waals surface area contributed by atoms with Crippen LogP contribution in [-0.4, -0.2) is 52.7 Å². The van der Waals surface area contributed by atoms with Gasteiger partial charge in [0, 0.05) is 19.1 Å². The first-order chi connectivity index (χ1) is 9.60. The van der Waals surface area contributed by atoms with Gasteiger partial charge in [-0.15, -0.1) is 0 Å². The molecule has 1 fully saturated rings. The number of halogens is 1. The average molecular weight is 298 g/mol. The molecule has 3 N–H and O–H groups in total. The van der Waals surface area contributed by atoms with Crippen molar-refractivity contribution in [2.24, 2.45) is 5.73 Å². The fraction of sp³-hybridized carbons (Fsp3) is 0.500. The number of aldehydes is 1. The Hall–Kier alpha value is -1.73. The quantitative estimate of drug-likeness (QED) is 0.599. The van der Waals surface area contributed by atoms with E-state index in [4.69, 9.17) is 17.3 Å². The van der Waals surface area contributed by atoms with Gasteiger partial charge in [-0.2, -0.15) is 0 Å². The van der Waals surface area contributed by atoms with Crippen LogP contribution in [0.15, 0.2) is 6.33 Å². The van der Waals surface area contributed by atoms with Crippen molar-refractivity contribution in [1.29, 1.82) is 0 Å². The summed E-state index contributed by atoms with van der Waals surface area (Å²) in [5.74, 6) is 0.135. The largest absolute Gasteiger partial charge is 0.369 e. The lowest BCUT2D eigenvalue weighted by Crippen LogP contribution is -2.43. The number of amides is 1. The van der Waals surface area contributed by atoms with Gasteiger partial charge in [-0.3, -0.25) is 14.5 Å². The van der Waals surface area contributed by atoms with Crippen molar-refractivity contribution < 1.29 is 9.59 Å². The van der Waals surface area contributed by atoms with Crippen LogP contribution < -0.4 is 11.1 Å². The van der Waals surface area contributed by atoms with E-state index in [9.17, 15) is 9.59 Å². The van der Waals surface area contributed by atoms with Crippen LogP contribution in [0, 0.1) is 0 Å². The molecule has 2 heterocycles. The molecular weight excluding hydrogens is 282 g/mol. The number of nitrogens with zero attached hydrogens (tertiary/aromatic N) is 3. The molecule has 0 unspecified atom stereocenters. The highest BCUT2D eigenvalue weighted by Crippen LogP contribution is 2.21. The second-order valence-electron chi connectivity index (χ2n) is 4.71. The smallest absolute Gasteiger partial charge is 0.231 e. The van der Waals surface area contributed by atoms with Gasteiger partial charge in [-0.25, -0.2) is 9.97 Å². The molecule has 8 heteroatoms. The van der Waals surface area contributed by atoms with E-state index in [2.05, 4.69) is 15.3 Å². The van der Waals surface area contributed by atoms with E-state index < -0.39 is 0 Å². The number of carbonyl (C=O) groups is 2. The van der Waals surface area contributed by atoms with Crippen molar-refractivity contribution in [3.8, 4) is 0 Å². The molecule has 1 amide bonds. The molecule has 1 aromatic heterocycles. The third-order valence-corrected chi connectivity index (χ3v) is 3.56. The van der Waals surface area contributed by atoms with Crippen LogP contribution in [0.25, 0.3) is 0 Å². The number of hydrogen-bond acceptors (Lipinski definition) is 6. The van der Waals surface area contributed by atoms with Crippen molar-refractivity contribution in [1.82, 2.24) is 14.9 Å². The highest BCUT2D eigenvalue weighted by molar-refractivity contribution is 6.32. The van der Waals surface area contributed by atoms with Gasteiger partial charge in [-0.1, -0.05) is 11.6 Å². The zero-order valence-corrected chi connectivity index (χ0v) is 11.6. The molecule has 0 saturated carbocycles. The van der Waals surface area contributed by atoms with Gasteiger partial charge in [0.1, 0.15) is 17.3 Å². The summed E-state index contributed by atoms with van der Waals surface area (Å²) in [6, 6.07) is 0.184. The Labute approximate surface area is 121 Å². The van der Waals surface area contributed by atoms with Gasteiger partial charge in [0.05, 0.1) is 12.1 Å². The molecule has 7 nitrogen and oxygen atoms in total. The van der Waals surface area contributed by atoms with E-state index in [1.54, 1.807) is 0 Å². The summed E-state index contributed by atoms with van der Waals surface area (Å²) in [6.45, 7) is 1.83. The molecule has 0 aromatic carbocycles. The molecule has 1 saturated heterocycles. The monoisotopic (exact) mass is 297 g/mol. The van der Waals surface area contributed by atoms with Crippen LogP contribution in [0.1, 0.15) is 23.2 Å². The van der Waals surface area contributed by atoms with E-state index in [0.717, 1.165) is 25.9 Å². The Morgan fingerprint density at radius 1 is 1.50 bits per heavy atom. The highest BCUT2D eigenvalue weighted by atomic mass is 35.5. The molecule has 2 rings (SSSR count). The molecule has 1 aliphatic rings. The molecule has 0 spiro atoms. The van der Waals surface area contributed by atoms with Crippen LogP contribution >= 0.6 is 11.6 Å². The van der Waals surface area contributed by atoms with Gasteiger partial charge in [0.25, 0.3) is 0 Å². The summed E-state index contributed by atoms with van der Waals surface area (Å²) in [7, 11) is 0. The third kappa shape index (κ3) is 3.64. The van der Waals surface area contributed by atoms with Crippen LogP contribution in [0.4, 0.5) is 5.82 Å². The zero-order valence-electron chi connectivity index (χ0n) is 10.9. The Kier molecular flexibility index (Phi) is 4.86. The molecular formula is C12H16ClN5O2.